The summed E-state index contributed by atoms with van der Waals surface area (Å²) in [5.41, 5.74) is -0.625. The molecule has 1 fully saturated rings. The standard InChI is InChI=1S/C23H33ClN2O5/c1-15(2)20(21(28)30-6)26(16(3)4)31-22(29)25(5)23(14-10-9-13-19(23)27)17-11-7-8-12-18(17)24/h7-8,11-12,15-16,20H,9-10,13-14H2,1-6H3/t20-,23-/m0/s1. The lowest BCUT2D eigenvalue weighted by Gasteiger charge is -2.44. The Kier molecular flexibility index (Phi) is 8.49. The molecule has 0 unspecified atom stereocenters. The average molecular weight is 453 g/mol. The molecule has 0 saturated heterocycles. The first-order chi connectivity index (χ1) is 14.6. The van der Waals surface area contributed by atoms with Crippen molar-refractivity contribution < 1.29 is 24.0 Å². The first kappa shape index (κ1) is 25.1. The van der Waals surface area contributed by atoms with E-state index in [9.17, 15) is 14.4 Å². The zero-order chi connectivity index (χ0) is 23.3. The summed E-state index contributed by atoms with van der Waals surface area (Å²) in [7, 11) is 2.85. The van der Waals surface area contributed by atoms with E-state index in [-0.39, 0.29) is 17.7 Å². The van der Waals surface area contributed by atoms with E-state index in [1.54, 1.807) is 31.3 Å². The van der Waals surface area contributed by atoms with Gasteiger partial charge >= 0.3 is 12.1 Å². The number of nitrogens with zero attached hydrogens (tertiary/aromatic N) is 2. The molecule has 0 aromatic heterocycles. The van der Waals surface area contributed by atoms with Crippen LogP contribution in [0.3, 0.4) is 0 Å². The average Bonchev–Trinajstić information content (AvgIpc) is 2.73. The highest BCUT2D eigenvalue weighted by Crippen LogP contribution is 2.42. The largest absolute Gasteiger partial charge is 0.468 e. The molecule has 1 aliphatic rings. The number of hydrogen-bond acceptors (Lipinski definition) is 6. The fraction of sp³-hybridized carbons (Fsp3) is 0.609. The third kappa shape index (κ3) is 5.04. The van der Waals surface area contributed by atoms with Crippen LogP contribution < -0.4 is 0 Å². The highest BCUT2D eigenvalue weighted by atomic mass is 35.5. The number of halogens is 1. The first-order valence-corrected chi connectivity index (χ1v) is 11.1. The van der Waals surface area contributed by atoms with Gasteiger partial charge in [-0.05, 0) is 45.1 Å². The topological polar surface area (TPSA) is 76.2 Å². The second-order valence-corrected chi connectivity index (χ2v) is 8.96. The van der Waals surface area contributed by atoms with Crippen LogP contribution in [0, 0.1) is 5.92 Å². The van der Waals surface area contributed by atoms with Crippen molar-refractivity contribution in [3.63, 3.8) is 0 Å². The zero-order valence-electron chi connectivity index (χ0n) is 19.2. The summed E-state index contributed by atoms with van der Waals surface area (Å²) in [6.07, 6.45) is 1.63. The Bertz CT molecular complexity index is 813. The molecule has 2 atom stereocenters. The number of amides is 1. The normalized spacial score (nSPS) is 20.1. The summed E-state index contributed by atoms with van der Waals surface area (Å²) in [6, 6.07) is 6.02. The minimum Gasteiger partial charge on any atom is -0.468 e. The second kappa shape index (κ2) is 10.5. The number of Topliss-reactive ketones (excluding diaryl/α,β-unsaturated/α-hetero) is 1. The van der Waals surface area contributed by atoms with Crippen molar-refractivity contribution in [1.29, 1.82) is 0 Å². The summed E-state index contributed by atoms with van der Waals surface area (Å²) >= 11 is 6.47. The highest BCUT2D eigenvalue weighted by molar-refractivity contribution is 6.31. The van der Waals surface area contributed by atoms with Crippen LogP contribution in [-0.4, -0.2) is 54.1 Å². The maximum absolute atomic E-state index is 13.3. The SMILES string of the molecule is COC(=O)[C@H](C(C)C)N(OC(=O)N(C)[C@]1(c2ccccc2Cl)CCCCC1=O)C(C)C. The fourth-order valence-electron chi connectivity index (χ4n) is 4.21. The van der Waals surface area contributed by atoms with Crippen molar-refractivity contribution in [2.75, 3.05) is 14.2 Å². The van der Waals surface area contributed by atoms with Crippen molar-refractivity contribution in [2.24, 2.45) is 5.92 Å². The Morgan fingerprint density at radius 1 is 1.13 bits per heavy atom. The van der Waals surface area contributed by atoms with Crippen molar-refractivity contribution in [3.8, 4) is 0 Å². The predicted octanol–water partition coefficient (Wildman–Crippen LogP) is 4.57. The Morgan fingerprint density at radius 3 is 2.29 bits per heavy atom. The molecular weight excluding hydrogens is 420 g/mol. The molecule has 0 aliphatic heterocycles. The molecule has 0 N–H and O–H groups in total. The van der Waals surface area contributed by atoms with Gasteiger partial charge in [-0.25, -0.2) is 4.79 Å². The number of carbonyl (C=O) groups excluding carboxylic acids is 3. The number of likely N-dealkylation sites (N-methyl/N-ethyl adjacent to an activating group) is 1. The van der Waals surface area contributed by atoms with Crippen LogP contribution in [0.4, 0.5) is 4.79 Å². The minimum atomic E-state index is -1.21. The minimum absolute atomic E-state index is 0.0734. The summed E-state index contributed by atoms with van der Waals surface area (Å²) in [5, 5.41) is 1.77. The molecule has 1 aliphatic carbocycles. The number of carbonyl (C=O) groups is 3. The quantitative estimate of drug-likeness (QED) is 0.445. The Hall–Kier alpha value is -2.12. The van der Waals surface area contributed by atoms with Gasteiger partial charge in [0.25, 0.3) is 0 Å². The van der Waals surface area contributed by atoms with Gasteiger partial charge in [0.1, 0.15) is 11.6 Å². The predicted molar refractivity (Wildman–Crippen MR) is 118 cm³/mol. The maximum atomic E-state index is 13.3. The van der Waals surface area contributed by atoms with Gasteiger partial charge in [-0.15, -0.1) is 5.06 Å². The summed E-state index contributed by atoms with van der Waals surface area (Å²) in [6.45, 7) is 7.34. The number of ether oxygens (including phenoxy) is 1. The molecule has 1 amide bonds. The third-order valence-corrected chi connectivity index (χ3v) is 6.19. The summed E-state index contributed by atoms with van der Waals surface area (Å²) < 4.78 is 4.93. The zero-order valence-corrected chi connectivity index (χ0v) is 19.9. The molecule has 31 heavy (non-hydrogen) atoms. The molecule has 8 heteroatoms. The molecule has 0 spiro atoms. The van der Waals surface area contributed by atoms with Crippen molar-refractivity contribution in [2.45, 2.75) is 71.0 Å². The van der Waals surface area contributed by atoms with E-state index in [1.807, 2.05) is 27.7 Å². The first-order valence-electron chi connectivity index (χ1n) is 10.7. The van der Waals surface area contributed by atoms with Gasteiger partial charge in [0, 0.05) is 30.1 Å². The molecule has 0 radical (unpaired) electrons. The van der Waals surface area contributed by atoms with Gasteiger partial charge in [-0.2, -0.15) is 0 Å². The Morgan fingerprint density at radius 2 is 1.77 bits per heavy atom. The van der Waals surface area contributed by atoms with Crippen LogP contribution in [-0.2, 0) is 24.7 Å². The number of hydrogen-bond donors (Lipinski definition) is 0. The van der Waals surface area contributed by atoms with Crippen LogP contribution in [0.15, 0.2) is 24.3 Å². The molecule has 1 aromatic carbocycles. The number of hydroxylamine groups is 2. The molecule has 7 nitrogen and oxygen atoms in total. The smallest absolute Gasteiger partial charge is 0.429 e. The molecule has 172 valence electrons. The molecular formula is C23H33ClN2O5. The molecule has 1 aromatic rings. The van der Waals surface area contributed by atoms with Crippen molar-refractivity contribution >= 4 is 29.4 Å². The second-order valence-electron chi connectivity index (χ2n) is 8.55. The lowest BCUT2D eigenvalue weighted by atomic mass is 9.74. The molecule has 1 saturated carbocycles. The molecule has 0 heterocycles. The highest BCUT2D eigenvalue weighted by Gasteiger charge is 2.49. The van der Waals surface area contributed by atoms with Crippen molar-refractivity contribution in [1.82, 2.24) is 9.96 Å². The summed E-state index contributed by atoms with van der Waals surface area (Å²) in [5.74, 6) is -0.730. The van der Waals surface area contributed by atoms with E-state index in [0.717, 1.165) is 12.8 Å². The van der Waals surface area contributed by atoms with Gasteiger partial charge in [-0.3, -0.25) is 14.5 Å². The van der Waals surface area contributed by atoms with Gasteiger partial charge < -0.3 is 9.57 Å². The van der Waals surface area contributed by atoms with Crippen LogP contribution >= 0.6 is 11.6 Å². The molecule has 0 bridgehead atoms. The van der Waals surface area contributed by atoms with Gasteiger partial charge in [0.05, 0.1) is 7.11 Å². The van der Waals surface area contributed by atoms with E-state index >= 15 is 0 Å². The van der Waals surface area contributed by atoms with Crippen LogP contribution in [0.1, 0.15) is 58.9 Å². The third-order valence-electron chi connectivity index (χ3n) is 5.86. The lowest BCUT2D eigenvalue weighted by molar-refractivity contribution is -0.195. The number of ketones is 1. The maximum Gasteiger partial charge on any atom is 0.429 e. The van der Waals surface area contributed by atoms with E-state index in [0.29, 0.717) is 23.4 Å². The van der Waals surface area contributed by atoms with Crippen LogP contribution in [0.2, 0.25) is 5.02 Å². The number of methoxy groups -OCH3 is 1. The summed E-state index contributed by atoms with van der Waals surface area (Å²) in [4.78, 5) is 46.0. The van der Waals surface area contributed by atoms with E-state index < -0.39 is 23.6 Å². The lowest BCUT2D eigenvalue weighted by Crippen LogP contribution is -2.57. The van der Waals surface area contributed by atoms with Gasteiger partial charge in [-0.1, -0.05) is 43.6 Å². The fourth-order valence-corrected chi connectivity index (χ4v) is 4.50. The van der Waals surface area contributed by atoms with Gasteiger partial charge in [0.2, 0.25) is 0 Å². The van der Waals surface area contributed by atoms with Crippen LogP contribution in [0.5, 0.6) is 0 Å². The Labute approximate surface area is 189 Å². The van der Waals surface area contributed by atoms with E-state index in [1.165, 1.54) is 17.1 Å². The Balaban J connectivity index is 2.44. The molecule has 2 rings (SSSR count). The van der Waals surface area contributed by atoms with E-state index in [4.69, 9.17) is 21.2 Å². The van der Waals surface area contributed by atoms with Crippen LogP contribution in [0.25, 0.3) is 0 Å². The van der Waals surface area contributed by atoms with E-state index in [2.05, 4.69) is 0 Å². The number of benzene rings is 1. The number of esters is 1. The van der Waals surface area contributed by atoms with Crippen molar-refractivity contribution in [3.05, 3.63) is 34.9 Å². The van der Waals surface area contributed by atoms with Gasteiger partial charge in [0.15, 0.2) is 5.78 Å². The monoisotopic (exact) mass is 452 g/mol. The number of rotatable bonds is 7.